The van der Waals surface area contributed by atoms with Gasteiger partial charge in [-0.3, -0.25) is 0 Å². The van der Waals surface area contributed by atoms with Crippen LogP contribution in [0.25, 0.3) is 11.1 Å². The molecule has 0 radical (unpaired) electrons. The number of hydrogen-bond donors (Lipinski definition) is 2. The maximum atomic E-state index is 13.5. The molecule has 0 bridgehead atoms. The van der Waals surface area contributed by atoms with E-state index in [0.29, 0.717) is 36.4 Å². The number of ether oxygens (including phenoxy) is 1. The largest absolute Gasteiger partial charge is 0.493 e. The molecule has 3 nitrogen and oxygen atoms in total. The van der Waals surface area contributed by atoms with Gasteiger partial charge in [0.25, 0.3) is 0 Å². The summed E-state index contributed by atoms with van der Waals surface area (Å²) in [5.41, 5.74) is 0.174. The van der Waals surface area contributed by atoms with Gasteiger partial charge in [0.15, 0.2) is 0 Å². The smallest absolute Gasteiger partial charge is 0.416 e. The zero-order chi connectivity index (χ0) is 26.2. The van der Waals surface area contributed by atoms with Crippen LogP contribution in [0.4, 0.5) is 26.3 Å². The molecule has 2 atom stereocenters. The molecule has 2 heterocycles. The normalized spacial score (nSPS) is 19.4. The predicted molar refractivity (Wildman–Crippen MR) is 135 cm³/mol. The van der Waals surface area contributed by atoms with Crippen molar-refractivity contribution in [2.45, 2.75) is 50.2 Å². The highest BCUT2D eigenvalue weighted by Crippen LogP contribution is 2.41. The first-order chi connectivity index (χ1) is 17.6. The second-order valence-electron chi connectivity index (χ2n) is 9.49. The van der Waals surface area contributed by atoms with Gasteiger partial charge < -0.3 is 15.4 Å². The SMILES string of the molecule is Cl.FC(F)(F)c1cc(-c2cc3c(c(CN[C@H]4CCCN[C@H]4c4ccccc4)c2)OCC3)cc(C(F)(F)F)c1. The van der Waals surface area contributed by atoms with Gasteiger partial charge in [-0.25, -0.2) is 0 Å². The number of benzene rings is 3. The fourth-order valence-corrected chi connectivity index (χ4v) is 5.17. The second kappa shape index (κ2) is 11.2. The first kappa shape index (κ1) is 28.3. The molecule has 0 saturated carbocycles. The monoisotopic (exact) mass is 556 g/mol. The van der Waals surface area contributed by atoms with Crippen LogP contribution < -0.4 is 15.4 Å². The van der Waals surface area contributed by atoms with Gasteiger partial charge in [-0.05, 0) is 72.0 Å². The van der Waals surface area contributed by atoms with Crippen molar-refractivity contribution in [2.24, 2.45) is 0 Å². The molecule has 0 spiro atoms. The van der Waals surface area contributed by atoms with E-state index >= 15 is 0 Å². The summed E-state index contributed by atoms with van der Waals surface area (Å²) in [5.74, 6) is 0.652. The lowest BCUT2D eigenvalue weighted by molar-refractivity contribution is -0.143. The van der Waals surface area contributed by atoms with Crippen molar-refractivity contribution in [3.63, 3.8) is 0 Å². The Morgan fingerprint density at radius 2 is 1.53 bits per heavy atom. The fourth-order valence-electron chi connectivity index (χ4n) is 5.17. The fraction of sp³-hybridized carbons (Fsp3) is 0.357. The first-order valence-corrected chi connectivity index (χ1v) is 12.2. The van der Waals surface area contributed by atoms with Gasteiger partial charge in [0.2, 0.25) is 0 Å². The van der Waals surface area contributed by atoms with Crippen molar-refractivity contribution in [3.8, 4) is 16.9 Å². The summed E-state index contributed by atoms with van der Waals surface area (Å²) < 4.78 is 86.5. The summed E-state index contributed by atoms with van der Waals surface area (Å²) >= 11 is 0. The Kier molecular flexibility index (Phi) is 8.30. The Hall–Kier alpha value is -2.75. The van der Waals surface area contributed by atoms with Gasteiger partial charge in [0.1, 0.15) is 5.75 Å². The van der Waals surface area contributed by atoms with Crippen LogP contribution in [0.3, 0.4) is 0 Å². The van der Waals surface area contributed by atoms with Gasteiger partial charge in [-0.2, -0.15) is 26.3 Å². The summed E-state index contributed by atoms with van der Waals surface area (Å²) in [6.07, 6.45) is -7.35. The topological polar surface area (TPSA) is 33.3 Å². The number of rotatable bonds is 5. The van der Waals surface area contributed by atoms with E-state index in [2.05, 4.69) is 22.8 Å². The van der Waals surface area contributed by atoms with E-state index in [1.54, 1.807) is 12.1 Å². The van der Waals surface area contributed by atoms with Crippen LogP contribution >= 0.6 is 12.4 Å². The Balaban J connectivity index is 0.00000336. The highest BCUT2D eigenvalue weighted by atomic mass is 35.5. The minimum absolute atomic E-state index is 0. The van der Waals surface area contributed by atoms with E-state index < -0.39 is 23.5 Å². The van der Waals surface area contributed by atoms with E-state index in [0.717, 1.165) is 42.6 Å². The minimum atomic E-state index is -4.90. The van der Waals surface area contributed by atoms with Crippen molar-refractivity contribution < 1.29 is 31.1 Å². The molecule has 2 N–H and O–H groups in total. The maximum absolute atomic E-state index is 13.5. The zero-order valence-corrected chi connectivity index (χ0v) is 21.1. The molecule has 0 aliphatic carbocycles. The van der Waals surface area contributed by atoms with E-state index in [-0.39, 0.29) is 36.1 Å². The molecule has 1 saturated heterocycles. The number of piperidine rings is 1. The van der Waals surface area contributed by atoms with Crippen molar-refractivity contribution >= 4 is 12.4 Å². The summed E-state index contributed by atoms with van der Waals surface area (Å²) in [7, 11) is 0. The summed E-state index contributed by atoms with van der Waals surface area (Å²) in [6.45, 7) is 1.68. The Morgan fingerprint density at radius 3 is 2.18 bits per heavy atom. The molecule has 0 unspecified atom stereocenters. The highest BCUT2D eigenvalue weighted by Gasteiger charge is 2.37. The predicted octanol–water partition coefficient (Wildman–Crippen LogP) is 7.33. The lowest BCUT2D eigenvalue weighted by Crippen LogP contribution is -2.45. The van der Waals surface area contributed by atoms with Crippen LogP contribution in [0, 0.1) is 0 Å². The molecule has 204 valence electrons. The number of fused-ring (bicyclic) bond motifs is 1. The van der Waals surface area contributed by atoms with E-state index in [1.165, 1.54) is 0 Å². The molecular weight excluding hydrogens is 530 g/mol. The van der Waals surface area contributed by atoms with Crippen molar-refractivity contribution in [2.75, 3.05) is 13.2 Å². The van der Waals surface area contributed by atoms with E-state index in [1.807, 2.05) is 18.2 Å². The molecule has 2 aliphatic heterocycles. The highest BCUT2D eigenvalue weighted by molar-refractivity contribution is 5.85. The average molecular weight is 557 g/mol. The standard InChI is InChI=1S/C28H26F6N2O.ClH/c29-27(30,31)22-13-20(14-23(15-22)28(32,33)34)19-11-18-8-10-37-26(18)21(12-19)16-36-24-7-4-9-35-25(24)17-5-2-1-3-6-17;/h1-3,5-6,11-15,24-25,35-36H,4,7-10,16H2;1H/t24-,25-;/m0./s1. The Bertz CT molecular complexity index is 1230. The zero-order valence-electron chi connectivity index (χ0n) is 20.3. The Labute approximate surface area is 223 Å². The van der Waals surface area contributed by atoms with Gasteiger partial charge in [-0.1, -0.05) is 30.3 Å². The molecular formula is C28H27ClF6N2O. The molecule has 0 aromatic heterocycles. The van der Waals surface area contributed by atoms with Crippen LogP contribution in [0.2, 0.25) is 0 Å². The summed E-state index contributed by atoms with van der Waals surface area (Å²) in [5, 5.41) is 7.11. The third-order valence-electron chi connectivity index (χ3n) is 6.95. The second-order valence-corrected chi connectivity index (χ2v) is 9.49. The molecule has 5 rings (SSSR count). The van der Waals surface area contributed by atoms with Gasteiger partial charge in [-0.15, -0.1) is 12.4 Å². The summed E-state index contributed by atoms with van der Waals surface area (Å²) in [4.78, 5) is 0. The van der Waals surface area contributed by atoms with Gasteiger partial charge in [0, 0.05) is 30.6 Å². The van der Waals surface area contributed by atoms with Crippen LogP contribution in [-0.2, 0) is 25.3 Å². The van der Waals surface area contributed by atoms with Crippen molar-refractivity contribution in [1.29, 1.82) is 0 Å². The van der Waals surface area contributed by atoms with Gasteiger partial charge in [0.05, 0.1) is 17.7 Å². The van der Waals surface area contributed by atoms with Crippen LogP contribution in [-0.4, -0.2) is 19.2 Å². The molecule has 38 heavy (non-hydrogen) atoms. The number of halogens is 7. The molecule has 1 fully saturated rings. The third kappa shape index (κ3) is 6.11. The molecule has 0 amide bonds. The van der Waals surface area contributed by atoms with Crippen LogP contribution in [0.1, 0.15) is 46.7 Å². The first-order valence-electron chi connectivity index (χ1n) is 12.2. The van der Waals surface area contributed by atoms with Crippen molar-refractivity contribution in [3.05, 3.63) is 88.5 Å². The maximum Gasteiger partial charge on any atom is 0.416 e. The Morgan fingerprint density at radius 1 is 0.868 bits per heavy atom. The number of nitrogens with one attached hydrogen (secondary N) is 2. The van der Waals surface area contributed by atoms with Crippen LogP contribution in [0.5, 0.6) is 5.75 Å². The third-order valence-corrected chi connectivity index (χ3v) is 6.95. The molecule has 3 aromatic rings. The molecule has 2 aliphatic rings. The van der Waals surface area contributed by atoms with Crippen LogP contribution in [0.15, 0.2) is 60.7 Å². The minimum Gasteiger partial charge on any atom is -0.493 e. The summed E-state index contributed by atoms with van der Waals surface area (Å²) in [6, 6.07) is 15.2. The number of hydrogen-bond acceptors (Lipinski definition) is 3. The lowest BCUT2D eigenvalue weighted by Gasteiger charge is -2.34. The number of alkyl halides is 6. The molecule has 3 aromatic carbocycles. The molecule has 10 heteroatoms. The van der Waals surface area contributed by atoms with E-state index in [4.69, 9.17) is 4.74 Å². The van der Waals surface area contributed by atoms with Crippen molar-refractivity contribution in [1.82, 2.24) is 10.6 Å². The average Bonchev–Trinajstić information content (AvgIpc) is 3.36. The van der Waals surface area contributed by atoms with E-state index in [9.17, 15) is 26.3 Å². The lowest BCUT2D eigenvalue weighted by atomic mass is 9.91. The quantitative estimate of drug-likeness (QED) is 0.323. The van der Waals surface area contributed by atoms with Gasteiger partial charge >= 0.3 is 12.4 Å².